The number of rotatable bonds is 6. The molecule has 1 atom stereocenters. The van der Waals surface area contributed by atoms with E-state index in [2.05, 4.69) is 5.32 Å². The van der Waals surface area contributed by atoms with E-state index in [1.165, 1.54) is 21.3 Å². The molecule has 1 saturated heterocycles. The molecule has 2 aromatic rings. The van der Waals surface area contributed by atoms with E-state index in [1.54, 1.807) is 17.0 Å². The second-order valence-electron chi connectivity index (χ2n) is 7.08. The Bertz CT molecular complexity index is 916. The van der Waals surface area contributed by atoms with Crippen molar-refractivity contribution in [1.82, 2.24) is 0 Å². The summed E-state index contributed by atoms with van der Waals surface area (Å²) in [5, 5.41) is 2.86. The van der Waals surface area contributed by atoms with Crippen LogP contribution in [0.15, 0.2) is 30.3 Å². The maximum Gasteiger partial charge on any atom is 0.229 e. The molecule has 7 heteroatoms. The number of carbonyl (C=O) groups is 2. The van der Waals surface area contributed by atoms with Crippen molar-refractivity contribution in [3.63, 3.8) is 0 Å². The first kappa shape index (κ1) is 20.5. The van der Waals surface area contributed by atoms with Gasteiger partial charge >= 0.3 is 0 Å². The first-order valence-electron chi connectivity index (χ1n) is 9.36. The molecule has 1 aliphatic heterocycles. The fourth-order valence-corrected chi connectivity index (χ4v) is 3.42. The van der Waals surface area contributed by atoms with E-state index in [-0.39, 0.29) is 18.2 Å². The van der Waals surface area contributed by atoms with Crippen LogP contribution in [0.4, 0.5) is 11.4 Å². The molecule has 2 aromatic carbocycles. The summed E-state index contributed by atoms with van der Waals surface area (Å²) in [6, 6.07) is 9.21. The van der Waals surface area contributed by atoms with E-state index in [4.69, 9.17) is 14.2 Å². The molecule has 0 aliphatic carbocycles. The number of ether oxygens (including phenoxy) is 3. The number of anilines is 2. The third-order valence-electron chi connectivity index (χ3n) is 5.23. The van der Waals surface area contributed by atoms with Gasteiger partial charge < -0.3 is 24.4 Å². The Morgan fingerprint density at radius 2 is 1.66 bits per heavy atom. The summed E-state index contributed by atoms with van der Waals surface area (Å²) in [6.07, 6.45) is 0.170. The molecule has 0 radical (unpaired) electrons. The van der Waals surface area contributed by atoms with Crippen LogP contribution in [0.3, 0.4) is 0 Å². The van der Waals surface area contributed by atoms with Crippen LogP contribution in [-0.2, 0) is 9.59 Å². The Balaban J connectivity index is 1.76. The first-order chi connectivity index (χ1) is 13.9. The van der Waals surface area contributed by atoms with E-state index in [1.807, 2.05) is 32.0 Å². The normalized spacial score (nSPS) is 16.0. The number of amides is 2. The Kier molecular flexibility index (Phi) is 5.96. The van der Waals surface area contributed by atoms with Gasteiger partial charge in [0, 0.05) is 36.5 Å². The minimum absolute atomic E-state index is 0.0571. The third-order valence-corrected chi connectivity index (χ3v) is 5.23. The van der Waals surface area contributed by atoms with Gasteiger partial charge in [0.25, 0.3) is 0 Å². The van der Waals surface area contributed by atoms with Gasteiger partial charge in [-0.3, -0.25) is 9.59 Å². The van der Waals surface area contributed by atoms with E-state index in [0.29, 0.717) is 29.5 Å². The Morgan fingerprint density at radius 3 is 2.21 bits per heavy atom. The quantitative estimate of drug-likeness (QED) is 0.808. The van der Waals surface area contributed by atoms with Crippen molar-refractivity contribution in [3.8, 4) is 17.2 Å². The lowest BCUT2D eigenvalue weighted by Gasteiger charge is -2.18. The zero-order valence-electron chi connectivity index (χ0n) is 17.4. The SMILES string of the molecule is COc1cc(NC(=O)[C@H]2CC(=O)N(c3ccc(C)c(C)c3)C2)cc(OC)c1OC. The van der Waals surface area contributed by atoms with Gasteiger partial charge in [0.1, 0.15) is 0 Å². The second kappa shape index (κ2) is 8.43. The fourth-order valence-electron chi connectivity index (χ4n) is 3.42. The van der Waals surface area contributed by atoms with Gasteiger partial charge in [-0.15, -0.1) is 0 Å². The Hall–Kier alpha value is -3.22. The van der Waals surface area contributed by atoms with Crippen LogP contribution in [-0.4, -0.2) is 39.7 Å². The molecule has 0 spiro atoms. The fraction of sp³-hybridized carbons (Fsp3) is 0.364. The maximum atomic E-state index is 12.8. The van der Waals surface area contributed by atoms with Crippen molar-refractivity contribution >= 4 is 23.2 Å². The average Bonchev–Trinajstić information content (AvgIpc) is 3.11. The molecule has 0 aromatic heterocycles. The Morgan fingerprint density at radius 1 is 1.00 bits per heavy atom. The van der Waals surface area contributed by atoms with E-state index < -0.39 is 5.92 Å². The molecule has 2 amide bonds. The van der Waals surface area contributed by atoms with Gasteiger partial charge in [-0.2, -0.15) is 0 Å². The molecule has 1 heterocycles. The largest absolute Gasteiger partial charge is 0.493 e. The van der Waals surface area contributed by atoms with E-state index in [9.17, 15) is 9.59 Å². The molecule has 0 bridgehead atoms. The lowest BCUT2D eigenvalue weighted by Crippen LogP contribution is -2.28. The molecule has 0 saturated carbocycles. The number of aryl methyl sites for hydroxylation is 2. The van der Waals surface area contributed by atoms with Crippen molar-refractivity contribution in [2.24, 2.45) is 5.92 Å². The number of nitrogens with one attached hydrogen (secondary N) is 1. The summed E-state index contributed by atoms with van der Waals surface area (Å²) in [7, 11) is 4.55. The van der Waals surface area contributed by atoms with Gasteiger partial charge in [-0.1, -0.05) is 6.07 Å². The highest BCUT2D eigenvalue weighted by molar-refractivity contribution is 6.03. The van der Waals surface area contributed by atoms with E-state index in [0.717, 1.165) is 16.8 Å². The highest BCUT2D eigenvalue weighted by Crippen LogP contribution is 2.40. The van der Waals surface area contributed by atoms with Gasteiger partial charge in [0.05, 0.1) is 27.2 Å². The topological polar surface area (TPSA) is 77.1 Å². The lowest BCUT2D eigenvalue weighted by atomic mass is 10.1. The summed E-state index contributed by atoms with van der Waals surface area (Å²) < 4.78 is 15.9. The second-order valence-corrected chi connectivity index (χ2v) is 7.08. The summed E-state index contributed by atoms with van der Waals surface area (Å²) in [6.45, 7) is 4.38. The minimum atomic E-state index is -0.441. The van der Waals surface area contributed by atoms with Gasteiger partial charge in [0.2, 0.25) is 17.6 Å². The van der Waals surface area contributed by atoms with Crippen LogP contribution >= 0.6 is 0 Å². The zero-order chi connectivity index (χ0) is 21.1. The van der Waals surface area contributed by atoms with Crippen LogP contribution < -0.4 is 24.4 Å². The number of carbonyl (C=O) groups excluding carboxylic acids is 2. The Labute approximate surface area is 170 Å². The first-order valence-corrected chi connectivity index (χ1v) is 9.36. The zero-order valence-corrected chi connectivity index (χ0v) is 17.4. The molecule has 154 valence electrons. The molecular weight excluding hydrogens is 372 g/mol. The van der Waals surface area contributed by atoms with Crippen molar-refractivity contribution in [2.75, 3.05) is 38.1 Å². The summed E-state index contributed by atoms with van der Waals surface area (Å²) in [4.78, 5) is 27.0. The molecule has 1 N–H and O–H groups in total. The number of hydrogen-bond acceptors (Lipinski definition) is 5. The summed E-state index contributed by atoms with van der Waals surface area (Å²) in [5.41, 5.74) is 3.61. The van der Waals surface area contributed by atoms with E-state index >= 15 is 0 Å². The van der Waals surface area contributed by atoms with Crippen LogP contribution in [0.1, 0.15) is 17.5 Å². The maximum absolute atomic E-state index is 12.8. The molecule has 0 unspecified atom stereocenters. The van der Waals surface area contributed by atoms with Crippen LogP contribution in [0.5, 0.6) is 17.2 Å². The number of methoxy groups -OCH3 is 3. The average molecular weight is 398 g/mol. The van der Waals surface area contributed by atoms with Crippen molar-refractivity contribution in [3.05, 3.63) is 41.5 Å². The molecular formula is C22H26N2O5. The number of benzene rings is 2. The lowest BCUT2D eigenvalue weighted by molar-refractivity contribution is -0.122. The van der Waals surface area contributed by atoms with Gasteiger partial charge in [-0.05, 0) is 37.1 Å². The highest BCUT2D eigenvalue weighted by atomic mass is 16.5. The van der Waals surface area contributed by atoms with Crippen LogP contribution in [0.2, 0.25) is 0 Å². The standard InChI is InChI=1S/C22H26N2O5/c1-13-6-7-17(8-14(13)2)24-12-15(9-20(24)25)22(26)23-16-10-18(27-3)21(29-5)19(11-16)28-4/h6-8,10-11,15H,9,12H2,1-5H3,(H,23,26)/t15-/m0/s1. The van der Waals surface area contributed by atoms with Crippen molar-refractivity contribution < 1.29 is 23.8 Å². The third kappa shape index (κ3) is 4.13. The van der Waals surface area contributed by atoms with Crippen molar-refractivity contribution in [1.29, 1.82) is 0 Å². The predicted octanol–water partition coefficient (Wildman–Crippen LogP) is 3.32. The van der Waals surface area contributed by atoms with Crippen molar-refractivity contribution in [2.45, 2.75) is 20.3 Å². The molecule has 7 nitrogen and oxygen atoms in total. The smallest absolute Gasteiger partial charge is 0.229 e. The van der Waals surface area contributed by atoms with Crippen LogP contribution in [0.25, 0.3) is 0 Å². The monoisotopic (exact) mass is 398 g/mol. The summed E-state index contributed by atoms with van der Waals surface area (Å²) >= 11 is 0. The van der Waals surface area contributed by atoms with Crippen LogP contribution in [0, 0.1) is 19.8 Å². The summed E-state index contributed by atoms with van der Waals surface area (Å²) in [5.74, 6) is 0.619. The number of nitrogens with zero attached hydrogens (tertiary/aromatic N) is 1. The highest BCUT2D eigenvalue weighted by Gasteiger charge is 2.35. The molecule has 3 rings (SSSR count). The van der Waals surface area contributed by atoms with Gasteiger partial charge in [0.15, 0.2) is 11.5 Å². The molecule has 29 heavy (non-hydrogen) atoms. The number of hydrogen-bond donors (Lipinski definition) is 1. The van der Waals surface area contributed by atoms with Gasteiger partial charge in [-0.25, -0.2) is 0 Å². The molecule has 1 fully saturated rings. The molecule has 1 aliphatic rings. The minimum Gasteiger partial charge on any atom is -0.493 e. The predicted molar refractivity (Wildman–Crippen MR) is 111 cm³/mol.